The van der Waals surface area contributed by atoms with E-state index in [2.05, 4.69) is 33.6 Å². The quantitative estimate of drug-likeness (QED) is 0.465. The predicted octanol–water partition coefficient (Wildman–Crippen LogP) is 4.00. The van der Waals surface area contributed by atoms with Crippen LogP contribution in [0, 0.1) is 0 Å². The Labute approximate surface area is 202 Å². The summed E-state index contributed by atoms with van der Waals surface area (Å²) in [6.45, 7) is 5.88. The van der Waals surface area contributed by atoms with Gasteiger partial charge in [0.05, 0.1) is 12.8 Å². The van der Waals surface area contributed by atoms with Crippen LogP contribution in [0.2, 0.25) is 0 Å². The first-order valence-electron chi connectivity index (χ1n) is 11.7. The Hall–Kier alpha value is -2.62. The first-order chi connectivity index (χ1) is 16.2. The van der Waals surface area contributed by atoms with Gasteiger partial charge in [-0.2, -0.15) is 0 Å². The molecule has 1 heterocycles. The fraction of sp³-hybridized carbons (Fsp3) is 0.480. The van der Waals surface area contributed by atoms with Gasteiger partial charge in [0.15, 0.2) is 0 Å². The van der Waals surface area contributed by atoms with Gasteiger partial charge >= 0.3 is 5.97 Å². The van der Waals surface area contributed by atoms with E-state index in [9.17, 15) is 18.3 Å². The van der Waals surface area contributed by atoms with E-state index in [4.69, 9.17) is 4.74 Å². The van der Waals surface area contributed by atoms with Crippen LogP contribution >= 0.6 is 0 Å². The number of hydrogen-bond donors (Lipinski definition) is 2. The van der Waals surface area contributed by atoms with Gasteiger partial charge in [-0.15, -0.1) is 0 Å². The molecule has 0 aliphatic carbocycles. The van der Waals surface area contributed by atoms with Crippen LogP contribution in [0.15, 0.2) is 48.5 Å². The lowest BCUT2D eigenvalue weighted by atomic mass is 10.0. The average molecular weight is 490 g/mol. The topological polar surface area (TPSA) is 99.2 Å². The van der Waals surface area contributed by atoms with Crippen molar-refractivity contribution < 1.29 is 23.1 Å². The second kappa shape index (κ2) is 12.2. The number of ether oxygens (including phenoxy) is 1. The van der Waals surface area contributed by atoms with Gasteiger partial charge in [-0.1, -0.05) is 25.5 Å². The zero-order valence-electron chi connectivity index (χ0n) is 19.9. The lowest BCUT2D eigenvalue weighted by Crippen LogP contribution is -2.46. The minimum absolute atomic E-state index is 0.128. The number of carboxylic acid groups (broad SMARTS) is 1. The van der Waals surface area contributed by atoms with Crippen molar-refractivity contribution in [3.8, 4) is 11.5 Å². The Bertz CT molecular complexity index is 1020. The molecule has 0 unspecified atom stereocenters. The van der Waals surface area contributed by atoms with E-state index < -0.39 is 16.0 Å². The van der Waals surface area contributed by atoms with Crippen molar-refractivity contribution in [1.29, 1.82) is 0 Å². The van der Waals surface area contributed by atoms with Gasteiger partial charge in [0.25, 0.3) is 0 Å². The van der Waals surface area contributed by atoms with E-state index in [1.165, 1.54) is 5.56 Å². The molecule has 0 aromatic heterocycles. The SMILES string of the molecule is CCCCN(CC(=O)O)C1CCN(Cc2ccc(Oc3ccc(NS(C)(=O)=O)cc3)cc2)CC1. The number of carbonyl (C=O) groups is 1. The molecule has 186 valence electrons. The number of hydrogen-bond acceptors (Lipinski definition) is 6. The van der Waals surface area contributed by atoms with Crippen LogP contribution in [0.5, 0.6) is 11.5 Å². The molecule has 1 fully saturated rings. The second-order valence-electron chi connectivity index (χ2n) is 8.87. The third-order valence-corrected chi connectivity index (χ3v) is 6.54. The van der Waals surface area contributed by atoms with Crippen LogP contribution in [0.3, 0.4) is 0 Å². The van der Waals surface area contributed by atoms with Gasteiger partial charge in [-0.25, -0.2) is 8.42 Å². The molecule has 9 heteroatoms. The first kappa shape index (κ1) is 26.0. The summed E-state index contributed by atoms with van der Waals surface area (Å²) >= 11 is 0. The zero-order chi connectivity index (χ0) is 24.6. The van der Waals surface area contributed by atoms with Crippen LogP contribution in [-0.4, -0.2) is 67.8 Å². The fourth-order valence-electron chi connectivity index (χ4n) is 4.23. The maximum absolute atomic E-state index is 11.3. The largest absolute Gasteiger partial charge is 0.480 e. The number of anilines is 1. The Morgan fingerprint density at radius 1 is 1.09 bits per heavy atom. The molecule has 0 radical (unpaired) electrons. The third-order valence-electron chi connectivity index (χ3n) is 5.93. The average Bonchev–Trinajstić information content (AvgIpc) is 2.79. The normalized spacial score (nSPS) is 15.4. The number of benzene rings is 2. The third kappa shape index (κ3) is 8.62. The number of piperidine rings is 1. The number of aliphatic carboxylic acids is 1. The van der Waals surface area contributed by atoms with Gasteiger partial charge in [-0.05, 0) is 80.9 Å². The molecular weight excluding hydrogens is 454 g/mol. The molecule has 0 atom stereocenters. The number of rotatable bonds is 12. The summed E-state index contributed by atoms with van der Waals surface area (Å²) in [5, 5.41) is 9.24. The molecule has 2 aromatic carbocycles. The Morgan fingerprint density at radius 3 is 2.21 bits per heavy atom. The van der Waals surface area contributed by atoms with Gasteiger partial charge < -0.3 is 9.84 Å². The number of unbranched alkanes of at least 4 members (excludes halogenated alkanes) is 1. The molecule has 1 aliphatic heterocycles. The zero-order valence-corrected chi connectivity index (χ0v) is 20.8. The van der Waals surface area contributed by atoms with E-state index >= 15 is 0 Å². The maximum Gasteiger partial charge on any atom is 0.317 e. The molecule has 2 N–H and O–H groups in total. The highest BCUT2D eigenvalue weighted by atomic mass is 32.2. The summed E-state index contributed by atoms with van der Waals surface area (Å²) in [7, 11) is -3.30. The molecule has 0 bridgehead atoms. The molecule has 1 saturated heterocycles. The Balaban J connectivity index is 1.48. The first-order valence-corrected chi connectivity index (χ1v) is 13.6. The highest BCUT2D eigenvalue weighted by Gasteiger charge is 2.25. The van der Waals surface area contributed by atoms with Crippen LogP contribution in [0.25, 0.3) is 0 Å². The van der Waals surface area contributed by atoms with E-state index in [-0.39, 0.29) is 6.54 Å². The molecular formula is C25H35N3O5S. The highest BCUT2D eigenvalue weighted by molar-refractivity contribution is 7.92. The lowest BCUT2D eigenvalue weighted by molar-refractivity contribution is -0.139. The number of nitrogens with zero attached hydrogens (tertiary/aromatic N) is 2. The molecule has 3 rings (SSSR count). The molecule has 0 amide bonds. The fourth-order valence-corrected chi connectivity index (χ4v) is 4.79. The molecule has 2 aromatic rings. The monoisotopic (exact) mass is 489 g/mol. The summed E-state index contributed by atoms with van der Waals surface area (Å²) in [6, 6.07) is 15.1. The lowest BCUT2D eigenvalue weighted by Gasteiger charge is -2.38. The molecule has 34 heavy (non-hydrogen) atoms. The number of nitrogens with one attached hydrogen (secondary N) is 1. The van der Waals surface area contributed by atoms with Crippen molar-refractivity contribution >= 4 is 21.7 Å². The number of likely N-dealkylation sites (tertiary alicyclic amines) is 1. The Morgan fingerprint density at radius 2 is 1.68 bits per heavy atom. The smallest absolute Gasteiger partial charge is 0.317 e. The van der Waals surface area contributed by atoms with Crippen molar-refractivity contribution in [3.63, 3.8) is 0 Å². The van der Waals surface area contributed by atoms with Gasteiger partial charge in [0, 0.05) is 18.3 Å². The van der Waals surface area contributed by atoms with E-state index in [0.717, 1.165) is 58.1 Å². The number of sulfonamides is 1. The van der Waals surface area contributed by atoms with E-state index in [0.29, 0.717) is 23.2 Å². The summed E-state index contributed by atoms with van der Waals surface area (Å²) in [5.74, 6) is 0.594. The van der Waals surface area contributed by atoms with Crippen molar-refractivity contribution in [3.05, 3.63) is 54.1 Å². The van der Waals surface area contributed by atoms with Crippen molar-refractivity contribution in [2.45, 2.75) is 45.2 Å². The Kier molecular flexibility index (Phi) is 9.32. The van der Waals surface area contributed by atoms with Gasteiger partial charge in [-0.3, -0.25) is 19.3 Å². The predicted molar refractivity (Wildman–Crippen MR) is 134 cm³/mol. The van der Waals surface area contributed by atoms with Gasteiger partial charge in [0.2, 0.25) is 10.0 Å². The van der Waals surface area contributed by atoms with Crippen molar-refractivity contribution in [2.75, 3.05) is 37.2 Å². The summed E-state index contributed by atoms with van der Waals surface area (Å²) in [4.78, 5) is 15.8. The molecule has 8 nitrogen and oxygen atoms in total. The minimum Gasteiger partial charge on any atom is -0.480 e. The maximum atomic E-state index is 11.3. The van der Waals surface area contributed by atoms with Crippen molar-refractivity contribution in [2.24, 2.45) is 0 Å². The summed E-state index contributed by atoms with van der Waals surface area (Å²) in [6.07, 6.45) is 5.19. The highest BCUT2D eigenvalue weighted by Crippen LogP contribution is 2.25. The van der Waals surface area contributed by atoms with Gasteiger partial charge in [0.1, 0.15) is 11.5 Å². The summed E-state index contributed by atoms with van der Waals surface area (Å²) in [5.41, 5.74) is 1.69. The molecule has 0 spiro atoms. The second-order valence-corrected chi connectivity index (χ2v) is 10.6. The summed E-state index contributed by atoms with van der Waals surface area (Å²) < 4.78 is 30.9. The molecule has 0 saturated carbocycles. The standard InChI is InChI=1S/C25H35N3O5S/c1-3-4-15-28(19-25(29)30)22-13-16-27(17-14-22)18-20-5-9-23(10-6-20)33-24-11-7-21(8-12-24)26-34(2,31)32/h5-12,22,26H,3-4,13-19H2,1-2H3,(H,29,30). The minimum atomic E-state index is -3.30. The van der Waals surface area contributed by atoms with Crippen molar-refractivity contribution in [1.82, 2.24) is 9.80 Å². The van der Waals surface area contributed by atoms with Crippen LogP contribution in [0.1, 0.15) is 38.2 Å². The van der Waals surface area contributed by atoms with Crippen LogP contribution in [0.4, 0.5) is 5.69 Å². The molecule has 1 aliphatic rings. The number of carboxylic acids is 1. The van der Waals surface area contributed by atoms with Crippen LogP contribution in [-0.2, 0) is 21.4 Å². The van der Waals surface area contributed by atoms with E-state index in [1.807, 2.05) is 12.1 Å². The van der Waals surface area contributed by atoms with Crippen LogP contribution < -0.4 is 9.46 Å². The van der Waals surface area contributed by atoms with E-state index in [1.54, 1.807) is 24.3 Å².